The van der Waals surface area contributed by atoms with Gasteiger partial charge in [0.2, 0.25) is 10.0 Å². The van der Waals surface area contributed by atoms with Crippen molar-refractivity contribution in [2.45, 2.75) is 63.8 Å². The number of aliphatic hydroxyl groups is 1. The van der Waals surface area contributed by atoms with Crippen LogP contribution >= 0.6 is 0 Å². The number of hydrogen-bond acceptors (Lipinski definition) is 7. The van der Waals surface area contributed by atoms with Gasteiger partial charge < -0.3 is 15.3 Å². The van der Waals surface area contributed by atoms with Crippen LogP contribution in [0.25, 0.3) is 0 Å². The molecule has 1 aliphatic carbocycles. The van der Waals surface area contributed by atoms with Crippen LogP contribution in [0.2, 0.25) is 0 Å². The number of amides is 1. The fourth-order valence-electron chi connectivity index (χ4n) is 4.63. The van der Waals surface area contributed by atoms with E-state index in [1.807, 2.05) is 6.92 Å². The molecule has 1 amide bonds. The van der Waals surface area contributed by atoms with Crippen LogP contribution in [0.4, 0.5) is 11.4 Å². The van der Waals surface area contributed by atoms with Crippen LogP contribution in [-0.4, -0.2) is 57.4 Å². The number of nitrogens with zero attached hydrogens (tertiary/aromatic N) is 2. The maximum atomic E-state index is 13.5. The average Bonchev–Trinajstić information content (AvgIpc) is 2.68. The van der Waals surface area contributed by atoms with Gasteiger partial charge in [-0.1, -0.05) is 20.8 Å². The largest absolute Gasteiger partial charge is 0.511 e. The monoisotopic (exact) mass is 524 g/mol. The zero-order chi connectivity index (χ0) is 25.8. The molecule has 0 bridgehead atoms. The zero-order valence-electron chi connectivity index (χ0n) is 20.3. The van der Waals surface area contributed by atoms with E-state index in [1.165, 1.54) is 18.2 Å². The third-order valence-electron chi connectivity index (χ3n) is 6.86. The van der Waals surface area contributed by atoms with Gasteiger partial charge in [-0.25, -0.2) is 8.42 Å². The Balaban J connectivity index is 1.77. The first-order valence-electron chi connectivity index (χ1n) is 11.7. The quantitative estimate of drug-likeness (QED) is 0.496. The van der Waals surface area contributed by atoms with Crippen LogP contribution in [0.15, 0.2) is 38.8 Å². The van der Waals surface area contributed by atoms with Gasteiger partial charge in [-0.05, 0) is 56.2 Å². The summed E-state index contributed by atoms with van der Waals surface area (Å²) >= 11 is 0. The van der Waals surface area contributed by atoms with Gasteiger partial charge in [-0.3, -0.25) is 9.52 Å². The highest BCUT2D eigenvalue weighted by atomic mass is 32.2. The van der Waals surface area contributed by atoms with E-state index in [0.717, 1.165) is 31.9 Å². The molecular weight excluding hydrogens is 492 g/mol. The molecule has 2 aliphatic heterocycles. The van der Waals surface area contributed by atoms with Crippen LogP contribution in [0.1, 0.15) is 52.9 Å². The average molecular weight is 525 g/mol. The van der Waals surface area contributed by atoms with Crippen molar-refractivity contribution in [3.63, 3.8) is 0 Å². The molecule has 192 valence electrons. The minimum Gasteiger partial charge on any atom is -0.511 e. The second kappa shape index (κ2) is 8.81. The predicted octanol–water partition coefficient (Wildman–Crippen LogP) is 3.22. The summed E-state index contributed by atoms with van der Waals surface area (Å²) in [6, 6.07) is 4.04. The van der Waals surface area contributed by atoms with Crippen LogP contribution in [0, 0.1) is 11.3 Å². The molecule has 4 rings (SSSR count). The minimum atomic E-state index is -4.28. The van der Waals surface area contributed by atoms with Crippen molar-refractivity contribution in [1.82, 2.24) is 4.90 Å². The molecule has 12 heteroatoms. The molecule has 0 spiro atoms. The van der Waals surface area contributed by atoms with Crippen LogP contribution in [-0.2, 0) is 24.8 Å². The van der Waals surface area contributed by atoms with Gasteiger partial charge in [-0.15, -0.1) is 4.40 Å². The fourth-order valence-corrected chi connectivity index (χ4v) is 6.33. The Morgan fingerprint density at radius 1 is 1.31 bits per heavy atom. The maximum absolute atomic E-state index is 13.5. The highest BCUT2D eigenvalue weighted by Gasteiger charge is 2.47. The van der Waals surface area contributed by atoms with E-state index < -0.39 is 31.4 Å². The number of anilines is 2. The Kier molecular flexibility index (Phi) is 6.41. The van der Waals surface area contributed by atoms with Gasteiger partial charge >= 0.3 is 0 Å². The molecule has 10 nitrogen and oxygen atoms in total. The van der Waals surface area contributed by atoms with Crippen molar-refractivity contribution in [1.29, 1.82) is 0 Å². The minimum absolute atomic E-state index is 0.0571. The summed E-state index contributed by atoms with van der Waals surface area (Å²) < 4.78 is 55.4. The normalized spacial score (nSPS) is 24.5. The molecule has 35 heavy (non-hydrogen) atoms. The van der Waals surface area contributed by atoms with Gasteiger partial charge in [0, 0.05) is 23.7 Å². The molecule has 3 N–H and O–H groups in total. The molecule has 1 fully saturated rings. The molecule has 0 radical (unpaired) electrons. The number of aliphatic hydroxyl groups excluding tert-OH is 1. The summed E-state index contributed by atoms with van der Waals surface area (Å²) in [6.07, 6.45) is 5.19. The first-order valence-corrected chi connectivity index (χ1v) is 15.0. The molecular formula is C23H32N4O6S2. The van der Waals surface area contributed by atoms with E-state index in [2.05, 4.69) is 28.3 Å². The van der Waals surface area contributed by atoms with Crippen molar-refractivity contribution in [2.75, 3.05) is 22.8 Å². The Labute approximate surface area is 206 Å². The third-order valence-corrected chi connectivity index (χ3v) is 8.78. The van der Waals surface area contributed by atoms with Crippen molar-refractivity contribution in [3.05, 3.63) is 29.5 Å². The highest BCUT2D eigenvalue weighted by Crippen LogP contribution is 2.43. The summed E-state index contributed by atoms with van der Waals surface area (Å²) in [4.78, 5) is 15.1. The van der Waals surface area contributed by atoms with Crippen molar-refractivity contribution in [3.8, 4) is 0 Å². The van der Waals surface area contributed by atoms with E-state index in [0.29, 0.717) is 18.9 Å². The number of carbonyl (C=O) groups excluding carboxylic acids is 1. The van der Waals surface area contributed by atoms with Gasteiger partial charge in [0.15, 0.2) is 5.84 Å². The summed E-state index contributed by atoms with van der Waals surface area (Å²) in [6.45, 7) is 6.45. The number of benzene rings is 1. The molecule has 0 saturated heterocycles. The molecule has 1 atom stereocenters. The molecule has 3 aliphatic rings. The van der Waals surface area contributed by atoms with Gasteiger partial charge in [0.05, 0.1) is 11.9 Å². The lowest BCUT2D eigenvalue weighted by atomic mass is 9.75. The predicted molar refractivity (Wildman–Crippen MR) is 134 cm³/mol. The van der Waals surface area contributed by atoms with Crippen LogP contribution in [0.3, 0.4) is 0 Å². The van der Waals surface area contributed by atoms with E-state index in [1.54, 1.807) is 4.90 Å². The van der Waals surface area contributed by atoms with Crippen LogP contribution in [0.5, 0.6) is 0 Å². The Hall–Kier alpha value is -2.60. The molecule has 1 aromatic carbocycles. The lowest BCUT2D eigenvalue weighted by Gasteiger charge is -2.47. The number of carbonyl (C=O) groups is 1. The third kappa shape index (κ3) is 5.04. The maximum Gasteiger partial charge on any atom is 0.286 e. The molecule has 1 aromatic rings. The van der Waals surface area contributed by atoms with Gasteiger partial charge in [-0.2, -0.15) is 8.42 Å². The Bertz CT molecular complexity index is 1330. The molecule has 2 heterocycles. The smallest absolute Gasteiger partial charge is 0.286 e. The summed E-state index contributed by atoms with van der Waals surface area (Å²) in [5, 5.41) is 14.2. The highest BCUT2D eigenvalue weighted by molar-refractivity contribution is 7.92. The van der Waals surface area contributed by atoms with Crippen molar-refractivity contribution >= 4 is 43.2 Å². The summed E-state index contributed by atoms with van der Waals surface area (Å²) in [5.41, 5.74) is -0.641. The summed E-state index contributed by atoms with van der Waals surface area (Å²) in [7, 11) is -7.89. The standard InChI is InChI=1S/C23H32N4O6S2/c1-14(2)10-11-23(3)13-27(16-6-5-7-16)22(29)19(20(23)28)21-24-17-9-8-15(25-34(4,30)31)12-18(17)35(32,33)26-21/h8-9,12,14,16,25,28H,5-7,10-11,13H2,1-4H3,(H,24,26)/t23-/m1/s1. The second-order valence-electron chi connectivity index (χ2n) is 10.4. The summed E-state index contributed by atoms with van der Waals surface area (Å²) in [5.74, 6) is -0.415. The van der Waals surface area contributed by atoms with Crippen LogP contribution < -0.4 is 10.0 Å². The number of fused-ring (bicyclic) bond motifs is 1. The zero-order valence-corrected chi connectivity index (χ0v) is 22.0. The van der Waals surface area contributed by atoms with Crippen molar-refractivity contribution < 1.29 is 26.7 Å². The fraction of sp³-hybridized carbons (Fsp3) is 0.565. The van der Waals surface area contributed by atoms with Gasteiger partial charge in [0.25, 0.3) is 15.9 Å². The number of amidine groups is 1. The van der Waals surface area contributed by atoms with E-state index in [-0.39, 0.29) is 39.5 Å². The first-order chi connectivity index (χ1) is 16.2. The van der Waals surface area contributed by atoms with Crippen molar-refractivity contribution in [2.24, 2.45) is 15.7 Å². The SMILES string of the molecule is CC(C)CC[C@]1(C)CN(C2CCC2)C(=O)C(C2=NS(=O)(=O)c3cc(NS(C)(=O)=O)ccc3N2)=C1O. The lowest BCUT2D eigenvalue weighted by Crippen LogP contribution is -2.55. The van der Waals surface area contributed by atoms with E-state index in [9.17, 15) is 26.7 Å². The van der Waals surface area contributed by atoms with E-state index in [4.69, 9.17) is 0 Å². The first kappa shape index (κ1) is 25.5. The Morgan fingerprint density at radius 3 is 2.57 bits per heavy atom. The molecule has 0 unspecified atom stereocenters. The number of nitrogens with one attached hydrogen (secondary N) is 2. The van der Waals surface area contributed by atoms with Gasteiger partial charge in [0.1, 0.15) is 16.2 Å². The second-order valence-corrected chi connectivity index (χ2v) is 13.7. The number of sulfonamides is 2. The topological polar surface area (TPSA) is 145 Å². The van der Waals surface area contributed by atoms with E-state index >= 15 is 0 Å². The number of rotatable bonds is 7. The Morgan fingerprint density at radius 2 is 2.00 bits per heavy atom. The molecule has 0 aromatic heterocycles. The lowest BCUT2D eigenvalue weighted by molar-refractivity contribution is -0.134. The number of hydrogen-bond donors (Lipinski definition) is 3. The molecule has 1 saturated carbocycles.